The Labute approximate surface area is 111 Å². The second kappa shape index (κ2) is 5.37. The Bertz CT molecular complexity index is 541. The summed E-state index contributed by atoms with van der Waals surface area (Å²) >= 11 is 5.91. The van der Waals surface area contributed by atoms with Gasteiger partial charge in [-0.05, 0) is 6.07 Å². The SMILES string of the molecule is CN(Cc1nccn1C)c1cc(CO)c(Cl)cn1. The third-order valence-electron chi connectivity index (χ3n) is 2.78. The molecule has 0 aromatic carbocycles. The number of pyridine rings is 1. The highest BCUT2D eigenvalue weighted by molar-refractivity contribution is 6.31. The second-order valence-corrected chi connectivity index (χ2v) is 4.51. The number of hydrogen-bond acceptors (Lipinski definition) is 4. The van der Waals surface area contributed by atoms with Gasteiger partial charge in [0, 0.05) is 38.2 Å². The van der Waals surface area contributed by atoms with Gasteiger partial charge in [-0.25, -0.2) is 9.97 Å². The molecule has 2 rings (SSSR count). The molecule has 0 spiro atoms. The predicted molar refractivity (Wildman–Crippen MR) is 70.5 cm³/mol. The Morgan fingerprint density at radius 2 is 2.22 bits per heavy atom. The van der Waals surface area contributed by atoms with E-state index in [-0.39, 0.29) is 6.61 Å². The zero-order valence-corrected chi connectivity index (χ0v) is 11.1. The van der Waals surface area contributed by atoms with Gasteiger partial charge in [-0.15, -0.1) is 0 Å². The molecular weight excluding hydrogens is 252 g/mol. The molecule has 0 bridgehead atoms. The summed E-state index contributed by atoms with van der Waals surface area (Å²) in [5, 5.41) is 9.66. The topological polar surface area (TPSA) is 54.2 Å². The Kier molecular flexibility index (Phi) is 3.84. The first-order valence-corrected chi connectivity index (χ1v) is 5.92. The summed E-state index contributed by atoms with van der Waals surface area (Å²) in [7, 11) is 3.87. The number of rotatable bonds is 4. The van der Waals surface area contributed by atoms with Crippen LogP contribution in [0.3, 0.4) is 0 Å². The van der Waals surface area contributed by atoms with Crippen LogP contribution in [0.5, 0.6) is 0 Å². The van der Waals surface area contributed by atoms with Crippen molar-refractivity contribution < 1.29 is 5.11 Å². The number of aliphatic hydroxyl groups is 1. The molecular formula is C12H15ClN4O. The molecule has 0 atom stereocenters. The van der Waals surface area contributed by atoms with Gasteiger partial charge >= 0.3 is 0 Å². The minimum atomic E-state index is -0.0927. The maximum absolute atomic E-state index is 9.18. The molecule has 0 fully saturated rings. The molecule has 0 aliphatic rings. The van der Waals surface area contributed by atoms with E-state index < -0.39 is 0 Å². The van der Waals surface area contributed by atoms with E-state index in [0.717, 1.165) is 11.6 Å². The summed E-state index contributed by atoms with van der Waals surface area (Å²) in [6, 6.07) is 1.78. The molecule has 0 aliphatic carbocycles. The molecule has 2 aromatic heterocycles. The number of imidazole rings is 1. The Balaban J connectivity index is 2.18. The van der Waals surface area contributed by atoms with Crippen LogP contribution in [-0.2, 0) is 20.2 Å². The number of nitrogens with zero attached hydrogens (tertiary/aromatic N) is 4. The van der Waals surface area contributed by atoms with E-state index in [1.165, 1.54) is 0 Å². The molecule has 1 N–H and O–H groups in total. The number of aliphatic hydroxyl groups excluding tert-OH is 1. The molecule has 0 aliphatic heterocycles. The second-order valence-electron chi connectivity index (χ2n) is 4.10. The van der Waals surface area contributed by atoms with Crippen molar-refractivity contribution in [3.8, 4) is 0 Å². The van der Waals surface area contributed by atoms with Crippen molar-refractivity contribution in [1.29, 1.82) is 0 Å². The number of aromatic nitrogens is 3. The standard InChI is InChI=1S/C12H15ClN4O/c1-16-4-3-14-12(16)7-17(2)11-5-9(8-18)10(13)6-15-11/h3-6,18H,7-8H2,1-2H3. The van der Waals surface area contributed by atoms with Crippen molar-refractivity contribution in [2.24, 2.45) is 7.05 Å². The fourth-order valence-electron chi connectivity index (χ4n) is 1.64. The van der Waals surface area contributed by atoms with Crippen LogP contribution in [0.1, 0.15) is 11.4 Å². The number of aryl methyl sites for hydroxylation is 1. The number of anilines is 1. The molecule has 2 aromatic rings. The zero-order chi connectivity index (χ0) is 13.1. The van der Waals surface area contributed by atoms with Gasteiger partial charge in [0.1, 0.15) is 11.6 Å². The molecule has 0 radical (unpaired) electrons. The average Bonchev–Trinajstić information content (AvgIpc) is 2.75. The maximum atomic E-state index is 9.18. The van der Waals surface area contributed by atoms with Gasteiger partial charge in [-0.2, -0.15) is 0 Å². The van der Waals surface area contributed by atoms with Crippen molar-refractivity contribution >= 4 is 17.4 Å². The summed E-state index contributed by atoms with van der Waals surface area (Å²) in [6.45, 7) is 0.549. The van der Waals surface area contributed by atoms with Crippen molar-refractivity contribution in [2.75, 3.05) is 11.9 Å². The van der Waals surface area contributed by atoms with Crippen molar-refractivity contribution in [3.05, 3.63) is 41.1 Å². The van der Waals surface area contributed by atoms with E-state index >= 15 is 0 Å². The van der Waals surface area contributed by atoms with Crippen LogP contribution >= 0.6 is 11.6 Å². The smallest absolute Gasteiger partial charge is 0.129 e. The van der Waals surface area contributed by atoms with Crippen molar-refractivity contribution in [3.63, 3.8) is 0 Å². The molecule has 2 heterocycles. The van der Waals surface area contributed by atoms with Gasteiger partial charge in [-0.1, -0.05) is 11.6 Å². The zero-order valence-electron chi connectivity index (χ0n) is 10.3. The summed E-state index contributed by atoms with van der Waals surface area (Å²) in [5.74, 6) is 1.70. The highest BCUT2D eigenvalue weighted by atomic mass is 35.5. The monoisotopic (exact) mass is 266 g/mol. The van der Waals surface area contributed by atoms with Crippen molar-refractivity contribution in [2.45, 2.75) is 13.2 Å². The Morgan fingerprint density at radius 1 is 1.44 bits per heavy atom. The Morgan fingerprint density at radius 3 is 2.83 bits per heavy atom. The van der Waals surface area contributed by atoms with Crippen LogP contribution in [0, 0.1) is 0 Å². The van der Waals surface area contributed by atoms with E-state index in [2.05, 4.69) is 9.97 Å². The third kappa shape index (κ3) is 2.63. The van der Waals surface area contributed by atoms with Crippen LogP contribution in [0.15, 0.2) is 24.7 Å². The first kappa shape index (κ1) is 12.9. The molecule has 0 unspecified atom stereocenters. The quantitative estimate of drug-likeness (QED) is 0.913. The lowest BCUT2D eigenvalue weighted by atomic mass is 10.2. The molecule has 0 saturated carbocycles. The molecule has 5 nitrogen and oxygen atoms in total. The third-order valence-corrected chi connectivity index (χ3v) is 3.12. The lowest BCUT2D eigenvalue weighted by Gasteiger charge is -2.18. The van der Waals surface area contributed by atoms with Gasteiger partial charge in [0.05, 0.1) is 18.2 Å². The molecule has 96 valence electrons. The van der Waals surface area contributed by atoms with Gasteiger partial charge in [0.2, 0.25) is 0 Å². The van der Waals surface area contributed by atoms with Gasteiger partial charge in [0.25, 0.3) is 0 Å². The van der Waals surface area contributed by atoms with Gasteiger partial charge < -0.3 is 14.6 Å². The molecule has 18 heavy (non-hydrogen) atoms. The average molecular weight is 267 g/mol. The summed E-state index contributed by atoms with van der Waals surface area (Å²) in [6.07, 6.45) is 5.21. The predicted octanol–water partition coefficient (Wildman–Crippen LogP) is 1.60. The molecule has 0 amide bonds. The normalized spacial score (nSPS) is 10.7. The highest BCUT2D eigenvalue weighted by Gasteiger charge is 2.09. The lowest BCUT2D eigenvalue weighted by Crippen LogP contribution is -2.20. The number of hydrogen-bond donors (Lipinski definition) is 1. The Hall–Kier alpha value is -1.59. The minimum absolute atomic E-state index is 0.0927. The largest absolute Gasteiger partial charge is 0.392 e. The van der Waals surface area contributed by atoms with E-state index in [0.29, 0.717) is 17.1 Å². The van der Waals surface area contributed by atoms with Crippen LogP contribution in [0.4, 0.5) is 5.82 Å². The fraction of sp³-hybridized carbons (Fsp3) is 0.333. The number of halogens is 1. The highest BCUT2D eigenvalue weighted by Crippen LogP contribution is 2.20. The van der Waals surface area contributed by atoms with E-state index in [9.17, 15) is 5.11 Å². The molecule has 0 saturated heterocycles. The van der Waals surface area contributed by atoms with E-state index in [1.807, 2.05) is 29.8 Å². The van der Waals surface area contributed by atoms with E-state index in [4.69, 9.17) is 11.6 Å². The van der Waals surface area contributed by atoms with Crippen LogP contribution in [0.2, 0.25) is 5.02 Å². The van der Waals surface area contributed by atoms with Crippen LogP contribution < -0.4 is 4.90 Å². The minimum Gasteiger partial charge on any atom is -0.392 e. The summed E-state index contributed by atoms with van der Waals surface area (Å²) in [4.78, 5) is 10.5. The van der Waals surface area contributed by atoms with Crippen LogP contribution in [-0.4, -0.2) is 26.7 Å². The first-order chi connectivity index (χ1) is 8.61. The van der Waals surface area contributed by atoms with Gasteiger partial charge in [-0.3, -0.25) is 0 Å². The molecule has 6 heteroatoms. The summed E-state index contributed by atoms with van der Waals surface area (Å²) < 4.78 is 1.96. The maximum Gasteiger partial charge on any atom is 0.129 e. The first-order valence-electron chi connectivity index (χ1n) is 5.54. The van der Waals surface area contributed by atoms with Crippen molar-refractivity contribution in [1.82, 2.24) is 14.5 Å². The lowest BCUT2D eigenvalue weighted by molar-refractivity contribution is 0.282. The fourth-order valence-corrected chi connectivity index (χ4v) is 1.80. The van der Waals surface area contributed by atoms with E-state index in [1.54, 1.807) is 18.5 Å². The van der Waals surface area contributed by atoms with Crippen LogP contribution in [0.25, 0.3) is 0 Å². The van der Waals surface area contributed by atoms with Gasteiger partial charge in [0.15, 0.2) is 0 Å². The summed E-state index contributed by atoms with van der Waals surface area (Å²) in [5.41, 5.74) is 0.674.